The molecule has 1 heterocycles. The number of esters is 1. The Balaban J connectivity index is 2.15. The molecule has 46 heavy (non-hydrogen) atoms. The largest absolute Gasteiger partial charge is 0.462 e. The van der Waals surface area contributed by atoms with Gasteiger partial charge in [-0.05, 0) is 67.4 Å². The lowest BCUT2D eigenvalue weighted by molar-refractivity contribution is -0.148. The lowest BCUT2D eigenvalue weighted by Gasteiger charge is -2.54. The Kier molecular flexibility index (Phi) is 14.8. The topological polar surface area (TPSA) is 55.8 Å². The number of hydroxylamine groups is 2. The smallest absolute Gasteiger partial charge is 0.363 e. The van der Waals surface area contributed by atoms with E-state index in [9.17, 15) is 9.59 Å². The molecule has 0 radical (unpaired) electrons. The molecule has 3 rings (SSSR count). The van der Waals surface area contributed by atoms with Crippen LogP contribution in [-0.2, 0) is 9.57 Å². The van der Waals surface area contributed by atoms with Crippen LogP contribution in [0.2, 0.25) is 0 Å². The maximum Gasteiger partial charge on any atom is 0.363 e. The SMILES string of the molecule is CCCCCCC(C)C1(C)C(c2ccccc2F)C(C(CC)CCCCC)=CN(OC(=O)c2ccccc2C(=O)OCCC)C1C. The second kappa shape index (κ2) is 18.3. The van der Waals surface area contributed by atoms with Crippen molar-refractivity contribution in [2.45, 2.75) is 131 Å². The molecule has 254 valence electrons. The first-order valence-electron chi connectivity index (χ1n) is 17.9. The van der Waals surface area contributed by atoms with Crippen LogP contribution < -0.4 is 0 Å². The average Bonchev–Trinajstić information content (AvgIpc) is 3.06. The lowest BCUT2D eigenvalue weighted by atomic mass is 9.56. The van der Waals surface area contributed by atoms with Gasteiger partial charge in [-0.3, -0.25) is 0 Å². The lowest BCUT2D eigenvalue weighted by Crippen LogP contribution is -2.54. The van der Waals surface area contributed by atoms with Crippen molar-refractivity contribution in [1.29, 1.82) is 0 Å². The molecule has 0 saturated carbocycles. The summed E-state index contributed by atoms with van der Waals surface area (Å²) >= 11 is 0. The van der Waals surface area contributed by atoms with Crippen molar-refractivity contribution >= 4 is 11.9 Å². The summed E-state index contributed by atoms with van der Waals surface area (Å²) in [4.78, 5) is 33.0. The van der Waals surface area contributed by atoms with Crippen LogP contribution in [-0.4, -0.2) is 29.7 Å². The van der Waals surface area contributed by atoms with Gasteiger partial charge in [-0.25, -0.2) is 19.0 Å². The third-order valence-corrected chi connectivity index (χ3v) is 10.4. The zero-order valence-corrected chi connectivity index (χ0v) is 29.4. The zero-order valence-electron chi connectivity index (χ0n) is 29.4. The number of unbranched alkanes of at least 4 members (excludes halogenated alkanes) is 5. The maximum atomic E-state index is 15.9. The minimum atomic E-state index is -0.604. The van der Waals surface area contributed by atoms with Crippen molar-refractivity contribution < 1.29 is 23.6 Å². The first-order chi connectivity index (χ1) is 22.1. The number of ether oxygens (including phenoxy) is 1. The van der Waals surface area contributed by atoms with Gasteiger partial charge < -0.3 is 9.57 Å². The molecule has 5 unspecified atom stereocenters. The Morgan fingerprint density at radius 3 is 2.09 bits per heavy atom. The van der Waals surface area contributed by atoms with Crippen molar-refractivity contribution in [3.63, 3.8) is 0 Å². The van der Waals surface area contributed by atoms with Gasteiger partial charge in [-0.2, -0.15) is 0 Å². The van der Waals surface area contributed by atoms with Gasteiger partial charge in [0.2, 0.25) is 0 Å². The molecular formula is C40H58FNO4. The second-order valence-corrected chi connectivity index (χ2v) is 13.4. The third-order valence-electron chi connectivity index (χ3n) is 10.4. The van der Waals surface area contributed by atoms with Crippen molar-refractivity contribution in [2.75, 3.05) is 6.61 Å². The summed E-state index contributed by atoms with van der Waals surface area (Å²) in [7, 11) is 0. The van der Waals surface area contributed by atoms with Crippen LogP contribution in [0.15, 0.2) is 60.3 Å². The Morgan fingerprint density at radius 2 is 1.46 bits per heavy atom. The van der Waals surface area contributed by atoms with Crippen LogP contribution >= 0.6 is 0 Å². The summed E-state index contributed by atoms with van der Waals surface area (Å²) in [6, 6.07) is 13.6. The van der Waals surface area contributed by atoms with Crippen LogP contribution in [0.4, 0.5) is 4.39 Å². The third kappa shape index (κ3) is 8.80. The highest BCUT2D eigenvalue weighted by molar-refractivity contribution is 6.03. The van der Waals surface area contributed by atoms with Gasteiger partial charge >= 0.3 is 11.9 Å². The highest BCUT2D eigenvalue weighted by atomic mass is 19.1. The number of hydrogen-bond acceptors (Lipinski definition) is 5. The molecule has 0 aromatic heterocycles. The first-order valence-corrected chi connectivity index (χ1v) is 17.9. The number of hydrogen-bond donors (Lipinski definition) is 0. The number of nitrogens with zero attached hydrogens (tertiary/aromatic N) is 1. The van der Waals surface area contributed by atoms with Crippen LogP contribution in [0.5, 0.6) is 0 Å². The van der Waals surface area contributed by atoms with Crippen LogP contribution in [0.1, 0.15) is 151 Å². The Labute approximate surface area is 277 Å². The van der Waals surface area contributed by atoms with Gasteiger partial charge in [0.25, 0.3) is 0 Å². The van der Waals surface area contributed by atoms with E-state index in [2.05, 4.69) is 41.5 Å². The fourth-order valence-electron chi connectivity index (χ4n) is 7.27. The van der Waals surface area contributed by atoms with Gasteiger partial charge in [0.05, 0.1) is 23.8 Å². The molecule has 0 amide bonds. The molecule has 6 heteroatoms. The second-order valence-electron chi connectivity index (χ2n) is 13.4. The van der Waals surface area contributed by atoms with E-state index in [0.717, 1.165) is 56.9 Å². The Bertz CT molecular complexity index is 1290. The fraction of sp³-hybridized carbons (Fsp3) is 0.600. The molecule has 0 spiro atoms. The molecule has 1 aliphatic rings. The van der Waals surface area contributed by atoms with Gasteiger partial charge in [-0.15, -0.1) is 0 Å². The zero-order chi connectivity index (χ0) is 33.7. The van der Waals surface area contributed by atoms with E-state index in [0.29, 0.717) is 12.0 Å². The quantitative estimate of drug-likeness (QED) is 0.120. The van der Waals surface area contributed by atoms with E-state index in [1.54, 1.807) is 41.5 Å². The van der Waals surface area contributed by atoms with E-state index >= 15 is 4.39 Å². The van der Waals surface area contributed by atoms with Crippen molar-refractivity contribution in [2.24, 2.45) is 17.3 Å². The summed E-state index contributed by atoms with van der Waals surface area (Å²) in [5.74, 6) is -1.10. The van der Waals surface area contributed by atoms with Gasteiger partial charge in [0.1, 0.15) is 5.82 Å². The van der Waals surface area contributed by atoms with Gasteiger partial charge in [0, 0.05) is 17.5 Å². The number of carbonyl (C=O) groups excluding carboxylic acids is 2. The Morgan fingerprint density at radius 1 is 0.848 bits per heavy atom. The van der Waals surface area contributed by atoms with Gasteiger partial charge in [0.15, 0.2) is 0 Å². The summed E-state index contributed by atoms with van der Waals surface area (Å²) in [6.07, 6.45) is 13.5. The molecule has 0 saturated heterocycles. The highest BCUT2D eigenvalue weighted by Crippen LogP contribution is 2.57. The predicted molar refractivity (Wildman–Crippen MR) is 185 cm³/mol. The minimum absolute atomic E-state index is 0.172. The van der Waals surface area contributed by atoms with Crippen LogP contribution in [0, 0.1) is 23.1 Å². The molecule has 2 aromatic rings. The maximum absolute atomic E-state index is 15.9. The van der Waals surface area contributed by atoms with E-state index in [4.69, 9.17) is 9.57 Å². The van der Waals surface area contributed by atoms with Crippen LogP contribution in [0.25, 0.3) is 0 Å². The molecule has 5 atom stereocenters. The summed E-state index contributed by atoms with van der Waals surface area (Å²) < 4.78 is 21.2. The number of rotatable bonds is 18. The minimum Gasteiger partial charge on any atom is -0.462 e. The molecule has 2 aromatic carbocycles. The molecule has 1 aliphatic heterocycles. The normalized spacial score (nSPS) is 21.0. The summed E-state index contributed by atoms with van der Waals surface area (Å²) in [5, 5.41) is 1.72. The monoisotopic (exact) mass is 635 g/mol. The van der Waals surface area contributed by atoms with E-state index in [1.165, 1.54) is 12.8 Å². The predicted octanol–water partition coefficient (Wildman–Crippen LogP) is 11.1. The van der Waals surface area contributed by atoms with E-state index < -0.39 is 17.4 Å². The van der Waals surface area contributed by atoms with Gasteiger partial charge in [-0.1, -0.05) is 123 Å². The first kappa shape index (κ1) is 37.3. The molecule has 0 fully saturated rings. The van der Waals surface area contributed by atoms with Crippen molar-refractivity contribution in [1.82, 2.24) is 5.06 Å². The number of benzene rings is 2. The fourth-order valence-corrected chi connectivity index (χ4v) is 7.27. The number of allylic oxidation sites excluding steroid dienone is 1. The molecule has 0 aliphatic carbocycles. The van der Waals surface area contributed by atoms with E-state index in [-0.39, 0.29) is 47.3 Å². The molecule has 5 nitrogen and oxygen atoms in total. The number of carbonyl (C=O) groups is 2. The highest BCUT2D eigenvalue weighted by Gasteiger charge is 2.52. The average molecular weight is 636 g/mol. The van der Waals surface area contributed by atoms with Crippen molar-refractivity contribution in [3.8, 4) is 0 Å². The molecular weight excluding hydrogens is 577 g/mol. The van der Waals surface area contributed by atoms with Crippen LogP contribution in [0.3, 0.4) is 0 Å². The Hall–Kier alpha value is -3.15. The summed E-state index contributed by atoms with van der Waals surface area (Å²) in [6.45, 7) is 15.5. The number of halogens is 1. The summed E-state index contributed by atoms with van der Waals surface area (Å²) in [5.41, 5.74) is 1.74. The standard InChI is InChI=1S/C40H58FNO4/c1-8-12-14-16-21-29(5)40(7)30(6)42(46-39(44)33-24-18-17-23-32(33)38(43)45-27-10-3)28-35(31(11-4)22-15-13-9-2)37(40)34-25-19-20-26-36(34)41/h17-20,23-26,28-31,37H,8-16,21-22,27H2,1-7H3. The molecule has 0 bridgehead atoms. The van der Waals surface area contributed by atoms with Crippen molar-refractivity contribution in [3.05, 3.63) is 82.8 Å². The van der Waals surface area contributed by atoms with E-state index in [1.807, 2.05) is 25.3 Å². The molecule has 0 N–H and O–H groups in total.